The van der Waals surface area contributed by atoms with E-state index in [2.05, 4.69) is 13.8 Å². The molecule has 94 valence electrons. The number of carbonyl (C=O) groups is 1. The first kappa shape index (κ1) is 13.7. The van der Waals surface area contributed by atoms with E-state index in [1.165, 1.54) is 12.8 Å². The summed E-state index contributed by atoms with van der Waals surface area (Å²) in [6.45, 7) is 6.39. The van der Waals surface area contributed by atoms with Gasteiger partial charge in [-0.2, -0.15) is 0 Å². The molecule has 1 rings (SSSR count). The van der Waals surface area contributed by atoms with Crippen molar-refractivity contribution in [2.45, 2.75) is 39.5 Å². The minimum atomic E-state index is 0.274. The molecule has 0 aromatic carbocycles. The molecular formula is C13H24O3. The molecule has 0 amide bonds. The molecule has 0 aromatic rings. The topological polar surface area (TPSA) is 35.5 Å². The summed E-state index contributed by atoms with van der Waals surface area (Å²) < 4.78 is 10.7. The summed E-state index contributed by atoms with van der Waals surface area (Å²) >= 11 is 0. The number of ether oxygens (including phenoxy) is 2. The Morgan fingerprint density at radius 2 is 1.81 bits per heavy atom. The van der Waals surface area contributed by atoms with Gasteiger partial charge >= 0.3 is 0 Å². The second-order valence-electron chi connectivity index (χ2n) is 4.97. The Labute approximate surface area is 98.5 Å². The third-order valence-corrected chi connectivity index (χ3v) is 2.88. The van der Waals surface area contributed by atoms with Gasteiger partial charge in [0.05, 0.1) is 13.2 Å². The first-order valence-corrected chi connectivity index (χ1v) is 6.38. The molecule has 16 heavy (non-hydrogen) atoms. The molecule has 0 N–H and O–H groups in total. The van der Waals surface area contributed by atoms with Gasteiger partial charge in [0.15, 0.2) is 5.78 Å². The fourth-order valence-corrected chi connectivity index (χ4v) is 1.98. The second kappa shape index (κ2) is 7.80. The molecule has 0 bridgehead atoms. The van der Waals surface area contributed by atoms with Gasteiger partial charge in [-0.25, -0.2) is 0 Å². The maximum atomic E-state index is 11.6. The lowest BCUT2D eigenvalue weighted by molar-refractivity contribution is -0.127. The lowest BCUT2D eigenvalue weighted by atomic mass is 10.0. The first-order chi connectivity index (χ1) is 7.70. The van der Waals surface area contributed by atoms with Gasteiger partial charge in [-0.3, -0.25) is 4.79 Å². The van der Waals surface area contributed by atoms with E-state index in [4.69, 9.17) is 9.47 Å². The van der Waals surface area contributed by atoms with Crippen LogP contribution in [0.3, 0.4) is 0 Å². The van der Waals surface area contributed by atoms with Gasteiger partial charge in [0.1, 0.15) is 6.61 Å². The van der Waals surface area contributed by atoms with E-state index in [-0.39, 0.29) is 18.3 Å². The summed E-state index contributed by atoms with van der Waals surface area (Å²) in [4.78, 5) is 11.6. The zero-order chi connectivity index (χ0) is 11.8. The van der Waals surface area contributed by atoms with Crippen LogP contribution in [0, 0.1) is 11.8 Å². The molecular weight excluding hydrogens is 204 g/mol. The molecule has 1 aliphatic rings. The smallest absolute Gasteiger partial charge is 0.161 e. The van der Waals surface area contributed by atoms with Crippen LogP contribution in [-0.2, 0) is 14.3 Å². The summed E-state index contributed by atoms with van der Waals surface area (Å²) in [5.41, 5.74) is 0. The van der Waals surface area contributed by atoms with Crippen LogP contribution in [0.5, 0.6) is 0 Å². The summed E-state index contributed by atoms with van der Waals surface area (Å²) in [5, 5.41) is 0. The van der Waals surface area contributed by atoms with Gasteiger partial charge in [0.25, 0.3) is 0 Å². The number of carbonyl (C=O) groups excluding carboxylic acids is 1. The Morgan fingerprint density at radius 3 is 2.44 bits per heavy atom. The Balaban J connectivity index is 1.92. The molecule has 0 aliphatic heterocycles. The number of rotatable bonds is 8. The molecule has 1 aliphatic carbocycles. The lowest BCUT2D eigenvalue weighted by Crippen LogP contribution is -2.19. The SMILES string of the molecule is CC(C)COCCOCC(=O)C1CCCC1. The molecule has 1 saturated carbocycles. The third-order valence-electron chi connectivity index (χ3n) is 2.88. The van der Waals surface area contributed by atoms with Gasteiger partial charge in [-0.15, -0.1) is 0 Å². The summed E-state index contributed by atoms with van der Waals surface area (Å²) in [6, 6.07) is 0. The van der Waals surface area contributed by atoms with Crippen molar-refractivity contribution in [3.05, 3.63) is 0 Å². The van der Waals surface area contributed by atoms with Crippen molar-refractivity contribution in [1.29, 1.82) is 0 Å². The molecule has 0 spiro atoms. The Kier molecular flexibility index (Phi) is 6.65. The fourth-order valence-electron chi connectivity index (χ4n) is 1.98. The van der Waals surface area contributed by atoms with Crippen LogP contribution in [0.4, 0.5) is 0 Å². The highest BCUT2D eigenvalue weighted by Crippen LogP contribution is 2.25. The molecule has 1 fully saturated rings. The number of Topliss-reactive ketones (excluding diaryl/α,β-unsaturated/α-hetero) is 1. The van der Waals surface area contributed by atoms with Crippen molar-refractivity contribution in [3.8, 4) is 0 Å². The highest BCUT2D eigenvalue weighted by Gasteiger charge is 2.22. The van der Waals surface area contributed by atoms with Crippen molar-refractivity contribution in [2.75, 3.05) is 26.4 Å². The first-order valence-electron chi connectivity index (χ1n) is 6.38. The highest BCUT2D eigenvalue weighted by atomic mass is 16.5. The largest absolute Gasteiger partial charge is 0.379 e. The van der Waals surface area contributed by atoms with Crippen LogP contribution in [0.1, 0.15) is 39.5 Å². The maximum Gasteiger partial charge on any atom is 0.161 e. The van der Waals surface area contributed by atoms with Crippen LogP contribution in [0.15, 0.2) is 0 Å². The van der Waals surface area contributed by atoms with E-state index in [0.29, 0.717) is 19.1 Å². The van der Waals surface area contributed by atoms with Crippen LogP contribution < -0.4 is 0 Å². The summed E-state index contributed by atoms with van der Waals surface area (Å²) in [5.74, 6) is 1.11. The van der Waals surface area contributed by atoms with Gasteiger partial charge in [-0.05, 0) is 18.8 Å². The van der Waals surface area contributed by atoms with E-state index in [1.807, 2.05) is 0 Å². The zero-order valence-corrected chi connectivity index (χ0v) is 10.5. The number of ketones is 1. The summed E-state index contributed by atoms with van der Waals surface area (Å²) in [6.07, 6.45) is 4.53. The fraction of sp³-hybridized carbons (Fsp3) is 0.923. The van der Waals surface area contributed by atoms with Crippen LogP contribution in [0.25, 0.3) is 0 Å². The standard InChI is InChI=1S/C13H24O3/c1-11(2)9-15-7-8-16-10-13(14)12-5-3-4-6-12/h11-12H,3-10H2,1-2H3. The monoisotopic (exact) mass is 228 g/mol. The zero-order valence-electron chi connectivity index (χ0n) is 10.5. The van der Waals surface area contributed by atoms with Crippen molar-refractivity contribution >= 4 is 5.78 Å². The quantitative estimate of drug-likeness (QED) is 0.599. The molecule has 0 atom stereocenters. The molecule has 0 aromatic heterocycles. The third kappa shape index (κ3) is 5.61. The van der Waals surface area contributed by atoms with Crippen LogP contribution in [0.2, 0.25) is 0 Å². The van der Waals surface area contributed by atoms with Gasteiger partial charge in [-0.1, -0.05) is 26.7 Å². The molecule has 3 nitrogen and oxygen atoms in total. The number of hydrogen-bond acceptors (Lipinski definition) is 3. The second-order valence-corrected chi connectivity index (χ2v) is 4.97. The summed E-state index contributed by atoms with van der Waals surface area (Å²) in [7, 11) is 0. The van der Waals surface area contributed by atoms with E-state index in [0.717, 1.165) is 19.4 Å². The van der Waals surface area contributed by atoms with E-state index >= 15 is 0 Å². The van der Waals surface area contributed by atoms with E-state index in [1.54, 1.807) is 0 Å². The lowest BCUT2D eigenvalue weighted by Gasteiger charge is -2.09. The molecule has 0 unspecified atom stereocenters. The Bertz CT molecular complexity index is 195. The highest BCUT2D eigenvalue weighted by molar-refractivity contribution is 5.82. The molecule has 0 heterocycles. The normalized spacial score (nSPS) is 17.2. The Morgan fingerprint density at radius 1 is 1.19 bits per heavy atom. The van der Waals surface area contributed by atoms with Crippen LogP contribution >= 0.6 is 0 Å². The van der Waals surface area contributed by atoms with Crippen molar-refractivity contribution < 1.29 is 14.3 Å². The van der Waals surface area contributed by atoms with Crippen molar-refractivity contribution in [2.24, 2.45) is 11.8 Å². The van der Waals surface area contributed by atoms with E-state index in [9.17, 15) is 4.79 Å². The predicted molar refractivity (Wildman–Crippen MR) is 63.4 cm³/mol. The average Bonchev–Trinajstić information content (AvgIpc) is 2.75. The van der Waals surface area contributed by atoms with Gasteiger partial charge in [0, 0.05) is 12.5 Å². The Hall–Kier alpha value is -0.410. The number of hydrogen-bond donors (Lipinski definition) is 0. The molecule has 3 heteroatoms. The minimum absolute atomic E-state index is 0.274. The predicted octanol–water partition coefficient (Wildman–Crippen LogP) is 2.43. The van der Waals surface area contributed by atoms with E-state index < -0.39 is 0 Å². The maximum absolute atomic E-state index is 11.6. The molecule has 0 saturated heterocycles. The minimum Gasteiger partial charge on any atom is -0.379 e. The van der Waals surface area contributed by atoms with Crippen molar-refractivity contribution in [3.63, 3.8) is 0 Å². The van der Waals surface area contributed by atoms with Gasteiger partial charge in [0.2, 0.25) is 0 Å². The average molecular weight is 228 g/mol. The van der Waals surface area contributed by atoms with Crippen LogP contribution in [-0.4, -0.2) is 32.2 Å². The van der Waals surface area contributed by atoms with Gasteiger partial charge < -0.3 is 9.47 Å². The molecule has 0 radical (unpaired) electrons. The van der Waals surface area contributed by atoms with Crippen molar-refractivity contribution in [1.82, 2.24) is 0 Å².